The van der Waals surface area contributed by atoms with Crippen LogP contribution in [-0.4, -0.2) is 174 Å². The monoisotopic (exact) mass is 1070 g/mol. The van der Waals surface area contributed by atoms with Crippen molar-refractivity contribution in [2.75, 3.05) is 99.8 Å². The fourth-order valence-corrected chi connectivity index (χ4v) is 9.05. The van der Waals surface area contributed by atoms with E-state index in [1.54, 1.807) is 46.5 Å². The molecule has 2 fully saturated rings. The minimum atomic E-state index is -0.420. The van der Waals surface area contributed by atoms with Gasteiger partial charge in [0.2, 0.25) is 11.8 Å². The van der Waals surface area contributed by atoms with Gasteiger partial charge >= 0.3 is 0 Å². The van der Waals surface area contributed by atoms with Crippen LogP contribution in [-0.2, 0) is 51.3 Å². The van der Waals surface area contributed by atoms with Crippen LogP contribution in [0.3, 0.4) is 0 Å². The number of aliphatic imine (C=N–C) groups is 2. The fourth-order valence-electron chi connectivity index (χ4n) is 9.05. The fraction of sp³-hybridized carbons (Fsp3) is 0.404. The van der Waals surface area contributed by atoms with Gasteiger partial charge in [-0.1, -0.05) is 36.1 Å². The number of hydrogen-bond donors (Lipinski definition) is 2. The summed E-state index contributed by atoms with van der Waals surface area (Å²) in [4.78, 5) is 88.7. The molecule has 2 N–H and O–H groups in total. The standard InChI is InChI=1S/C57H63N7O14/c1-37-22-42-31-60-46-29-50(48(71-3)27-44(46)56(69)63(42)33-37)77-35-40-24-39(25-41(26-40)36-78-51-30-47-45(28-49(51)72-4)57(70)64-34-38(2)23-43(64)32-61-47)6-5-11-58-53(66)10-14-73-16-18-75-20-21-76-19-17-74-15-12-59-52(65)9-13-62-54(67)7-8-55(62)68/h7-8,24-32,42-43H,1-2,9-23,33-36H2,3-4H3,(H,58,66)(H,59,65)/t42-,43?/m0/s1. The Hall–Kier alpha value is -8.16. The van der Waals surface area contributed by atoms with Crippen molar-refractivity contribution in [2.45, 2.75) is 51.0 Å². The molecule has 2 saturated heterocycles. The average molecular weight is 1070 g/mol. The van der Waals surface area contributed by atoms with Gasteiger partial charge in [0.1, 0.15) is 13.2 Å². The van der Waals surface area contributed by atoms with Crippen molar-refractivity contribution in [2.24, 2.45) is 9.98 Å². The summed E-state index contributed by atoms with van der Waals surface area (Å²) in [5.41, 5.74) is 5.83. The van der Waals surface area contributed by atoms with Crippen molar-refractivity contribution in [1.29, 1.82) is 0 Å². The molecule has 0 radical (unpaired) electrons. The number of carbonyl (C=O) groups is 6. The highest BCUT2D eigenvalue weighted by atomic mass is 16.6. The summed E-state index contributed by atoms with van der Waals surface area (Å²) in [5, 5.41) is 5.49. The number of nitrogens with one attached hydrogen (secondary N) is 2. The van der Waals surface area contributed by atoms with Gasteiger partial charge in [0.25, 0.3) is 23.6 Å². The molecule has 5 heterocycles. The summed E-state index contributed by atoms with van der Waals surface area (Å²) in [6.45, 7) is 12.1. The Morgan fingerprint density at radius 1 is 0.615 bits per heavy atom. The first-order chi connectivity index (χ1) is 37.9. The maximum absolute atomic E-state index is 13.6. The largest absolute Gasteiger partial charge is 0.493 e. The molecule has 410 valence electrons. The molecule has 8 rings (SSSR count). The van der Waals surface area contributed by atoms with Crippen LogP contribution in [0.15, 0.2) is 88.9 Å². The second kappa shape index (κ2) is 27.2. The van der Waals surface area contributed by atoms with Crippen molar-refractivity contribution >= 4 is 59.2 Å². The van der Waals surface area contributed by atoms with E-state index >= 15 is 0 Å². The summed E-state index contributed by atoms with van der Waals surface area (Å²) >= 11 is 0. The van der Waals surface area contributed by atoms with Gasteiger partial charge in [-0.3, -0.25) is 43.7 Å². The van der Waals surface area contributed by atoms with Crippen molar-refractivity contribution in [1.82, 2.24) is 25.3 Å². The van der Waals surface area contributed by atoms with Crippen LogP contribution in [0.4, 0.5) is 11.4 Å². The first kappa shape index (κ1) is 56.1. The second-order valence-corrected chi connectivity index (χ2v) is 18.7. The number of amides is 6. The van der Waals surface area contributed by atoms with Gasteiger partial charge in [-0.05, 0) is 54.3 Å². The Balaban J connectivity index is 0.789. The molecule has 0 spiro atoms. The van der Waals surface area contributed by atoms with Crippen LogP contribution in [0, 0.1) is 11.8 Å². The number of ether oxygens (including phenoxy) is 8. The van der Waals surface area contributed by atoms with Crippen LogP contribution in [0.5, 0.6) is 23.0 Å². The van der Waals surface area contributed by atoms with E-state index in [9.17, 15) is 28.8 Å². The molecule has 0 bridgehead atoms. The van der Waals surface area contributed by atoms with Gasteiger partial charge in [0.15, 0.2) is 23.0 Å². The molecule has 0 saturated carbocycles. The van der Waals surface area contributed by atoms with E-state index in [2.05, 4.69) is 45.6 Å². The van der Waals surface area contributed by atoms with Crippen LogP contribution < -0.4 is 29.6 Å². The lowest BCUT2D eigenvalue weighted by Crippen LogP contribution is -2.35. The highest BCUT2D eigenvalue weighted by Gasteiger charge is 2.36. The number of rotatable bonds is 27. The predicted molar refractivity (Wildman–Crippen MR) is 286 cm³/mol. The molecular weight excluding hydrogens is 1010 g/mol. The van der Waals surface area contributed by atoms with Crippen LogP contribution in [0.1, 0.15) is 63.1 Å². The summed E-state index contributed by atoms with van der Waals surface area (Å²) in [5.74, 6) is 6.05. The predicted octanol–water partition coefficient (Wildman–Crippen LogP) is 4.19. The van der Waals surface area contributed by atoms with E-state index in [4.69, 9.17) is 37.9 Å². The summed E-state index contributed by atoms with van der Waals surface area (Å²) in [7, 11) is 3.03. The van der Waals surface area contributed by atoms with Crippen molar-refractivity contribution in [3.05, 3.63) is 107 Å². The van der Waals surface area contributed by atoms with Gasteiger partial charge in [0.05, 0.1) is 108 Å². The number of carbonyl (C=O) groups excluding carboxylic acids is 6. The topological polar surface area (TPSA) is 235 Å². The van der Waals surface area contributed by atoms with E-state index in [0.29, 0.717) is 117 Å². The van der Waals surface area contributed by atoms with Gasteiger partial charge in [-0.2, -0.15) is 0 Å². The normalized spacial score (nSPS) is 17.0. The quantitative estimate of drug-likeness (QED) is 0.0472. The van der Waals surface area contributed by atoms with Crippen LogP contribution in [0.2, 0.25) is 0 Å². The molecule has 78 heavy (non-hydrogen) atoms. The summed E-state index contributed by atoms with van der Waals surface area (Å²) in [6, 6.07) is 12.1. The number of methoxy groups -OCH3 is 2. The lowest BCUT2D eigenvalue weighted by Gasteiger charge is -2.20. The number of fused-ring (bicyclic) bond motifs is 4. The van der Waals surface area contributed by atoms with Crippen LogP contribution >= 0.6 is 0 Å². The number of nitrogens with zero attached hydrogens (tertiary/aromatic N) is 5. The number of hydrogen-bond acceptors (Lipinski definition) is 16. The molecule has 5 aliphatic heterocycles. The molecule has 0 aliphatic carbocycles. The zero-order valence-corrected chi connectivity index (χ0v) is 43.8. The maximum Gasteiger partial charge on any atom is 0.257 e. The molecule has 2 atom stereocenters. The molecule has 1 unspecified atom stereocenters. The zero-order chi connectivity index (χ0) is 55.0. The highest BCUT2D eigenvalue weighted by Crippen LogP contribution is 2.41. The Morgan fingerprint density at radius 3 is 1.62 bits per heavy atom. The molecular formula is C57H63N7O14. The zero-order valence-electron chi connectivity index (χ0n) is 43.8. The third-order valence-electron chi connectivity index (χ3n) is 13.0. The van der Waals surface area contributed by atoms with E-state index in [0.717, 1.165) is 27.2 Å². The van der Waals surface area contributed by atoms with Crippen molar-refractivity contribution in [3.8, 4) is 34.8 Å². The lowest BCUT2D eigenvalue weighted by molar-refractivity contribution is -0.137. The Bertz CT molecular complexity index is 2810. The lowest BCUT2D eigenvalue weighted by atomic mass is 10.1. The highest BCUT2D eigenvalue weighted by molar-refractivity contribution is 6.13. The van der Waals surface area contributed by atoms with E-state index in [-0.39, 0.29) is 94.6 Å². The number of benzene rings is 3. The first-order valence-corrected chi connectivity index (χ1v) is 25.6. The van der Waals surface area contributed by atoms with Gasteiger partial charge in [-0.25, -0.2) is 0 Å². The van der Waals surface area contributed by atoms with Gasteiger partial charge < -0.3 is 58.3 Å². The molecule has 5 aliphatic rings. The van der Waals surface area contributed by atoms with E-state index < -0.39 is 11.8 Å². The van der Waals surface area contributed by atoms with Crippen LogP contribution in [0.25, 0.3) is 0 Å². The summed E-state index contributed by atoms with van der Waals surface area (Å²) < 4.78 is 46.2. The van der Waals surface area contributed by atoms with E-state index in [1.165, 1.54) is 26.4 Å². The third-order valence-corrected chi connectivity index (χ3v) is 13.0. The second-order valence-electron chi connectivity index (χ2n) is 18.7. The van der Waals surface area contributed by atoms with Crippen molar-refractivity contribution < 1.29 is 66.7 Å². The Labute approximate surface area is 452 Å². The van der Waals surface area contributed by atoms with Gasteiger partial charge in [-0.15, -0.1) is 0 Å². The molecule has 6 amide bonds. The minimum absolute atomic E-state index is 0.0180. The molecule has 21 nitrogen and oxygen atoms in total. The Morgan fingerprint density at radius 2 is 1.10 bits per heavy atom. The number of imide groups is 1. The smallest absolute Gasteiger partial charge is 0.257 e. The third kappa shape index (κ3) is 14.9. The summed E-state index contributed by atoms with van der Waals surface area (Å²) in [6.07, 6.45) is 7.37. The average Bonchev–Trinajstić information content (AvgIpc) is 4.09. The van der Waals surface area contributed by atoms with Crippen molar-refractivity contribution in [3.63, 3.8) is 0 Å². The van der Waals surface area contributed by atoms with E-state index in [1.807, 2.05) is 18.2 Å². The molecule has 21 heteroatoms. The minimum Gasteiger partial charge on any atom is -0.493 e. The molecule has 3 aromatic rings. The molecule has 0 aromatic heterocycles. The maximum atomic E-state index is 13.6. The Kier molecular flexibility index (Phi) is 19.6. The molecule has 3 aromatic carbocycles. The SMILES string of the molecule is C=C1CC2C=Nc3cc(OCc4cc(C#CCNC(=O)CCOCCOCCOCCOCCNC(=O)CCN5C(=O)C=CC5=O)cc(COc5cc6c(cc5OC)C(=O)N5CC(=C)C[C@H]5C=N6)c4)c(OC)cc3C(=O)N2C1. The van der Waals surface area contributed by atoms with Gasteiger partial charge in [0, 0.05) is 81.3 Å². The first-order valence-electron chi connectivity index (χ1n) is 25.6.